The molecule has 0 unspecified atom stereocenters. The molecule has 2 rings (SSSR count). The van der Waals surface area contributed by atoms with Crippen molar-refractivity contribution in [1.29, 1.82) is 0 Å². The first-order valence-electron chi connectivity index (χ1n) is 6.63. The van der Waals surface area contributed by atoms with Gasteiger partial charge in [-0.1, -0.05) is 29.8 Å². The highest BCUT2D eigenvalue weighted by atomic mass is 35.5. The van der Waals surface area contributed by atoms with Gasteiger partial charge in [0, 0.05) is 23.2 Å². The summed E-state index contributed by atoms with van der Waals surface area (Å²) in [6.07, 6.45) is 4.18. The lowest BCUT2D eigenvalue weighted by Crippen LogP contribution is -2.37. The molecule has 0 atom stereocenters. The van der Waals surface area contributed by atoms with Gasteiger partial charge in [-0.2, -0.15) is 5.10 Å². The van der Waals surface area contributed by atoms with Crippen LogP contribution in [0.5, 0.6) is 0 Å². The lowest BCUT2D eigenvalue weighted by Gasteiger charge is -2.30. The van der Waals surface area contributed by atoms with Crippen molar-refractivity contribution in [2.75, 3.05) is 13.2 Å². The molecule has 0 saturated heterocycles. The van der Waals surface area contributed by atoms with Crippen LogP contribution < -0.4 is 0 Å². The van der Waals surface area contributed by atoms with Crippen LogP contribution in [0.4, 0.5) is 0 Å². The van der Waals surface area contributed by atoms with Gasteiger partial charge >= 0.3 is 0 Å². The lowest BCUT2D eigenvalue weighted by atomic mass is 9.77. The van der Waals surface area contributed by atoms with E-state index >= 15 is 0 Å². The van der Waals surface area contributed by atoms with Crippen molar-refractivity contribution in [3.05, 3.63) is 52.8 Å². The Morgan fingerprint density at radius 3 is 2.50 bits per heavy atom. The fourth-order valence-corrected chi connectivity index (χ4v) is 2.72. The van der Waals surface area contributed by atoms with Crippen LogP contribution in [0.1, 0.15) is 18.1 Å². The molecule has 4 nitrogen and oxygen atoms in total. The van der Waals surface area contributed by atoms with Crippen LogP contribution >= 0.6 is 11.6 Å². The fraction of sp³-hybridized carbons (Fsp3) is 0.400. The number of halogens is 1. The van der Waals surface area contributed by atoms with E-state index in [1.165, 1.54) is 0 Å². The molecular weight excluding hydrogens is 276 g/mol. The fourth-order valence-electron chi connectivity index (χ4n) is 2.38. The second-order valence-corrected chi connectivity index (χ2v) is 5.36. The minimum Gasteiger partial charge on any atom is -0.395 e. The van der Waals surface area contributed by atoms with Crippen molar-refractivity contribution >= 4 is 11.6 Å². The SMILES string of the molecule is CCn1cc(CC(CO)(CO)c2ccccc2Cl)cn1. The first-order chi connectivity index (χ1) is 9.65. The van der Waals surface area contributed by atoms with Gasteiger partial charge in [0.2, 0.25) is 0 Å². The summed E-state index contributed by atoms with van der Waals surface area (Å²) in [6, 6.07) is 7.31. The summed E-state index contributed by atoms with van der Waals surface area (Å²) in [4.78, 5) is 0. The largest absolute Gasteiger partial charge is 0.395 e. The number of aromatic nitrogens is 2. The van der Waals surface area contributed by atoms with E-state index in [-0.39, 0.29) is 13.2 Å². The van der Waals surface area contributed by atoms with E-state index in [4.69, 9.17) is 11.6 Å². The number of aryl methyl sites for hydroxylation is 1. The van der Waals surface area contributed by atoms with Gasteiger partial charge in [-0.05, 0) is 30.5 Å². The minimum atomic E-state index is -0.792. The highest BCUT2D eigenvalue weighted by Gasteiger charge is 2.33. The zero-order chi connectivity index (χ0) is 14.6. The summed E-state index contributed by atoms with van der Waals surface area (Å²) < 4.78 is 1.82. The molecular formula is C15H19ClN2O2. The molecule has 0 aliphatic rings. The summed E-state index contributed by atoms with van der Waals surface area (Å²) in [5.41, 5.74) is 0.936. The van der Waals surface area contributed by atoms with E-state index in [1.807, 2.05) is 36.0 Å². The Morgan fingerprint density at radius 1 is 1.25 bits per heavy atom. The first kappa shape index (κ1) is 15.0. The average molecular weight is 295 g/mol. The number of hydrogen-bond donors (Lipinski definition) is 2. The van der Waals surface area contributed by atoms with Gasteiger partial charge in [0.15, 0.2) is 0 Å². The van der Waals surface area contributed by atoms with Gasteiger partial charge in [-0.15, -0.1) is 0 Å². The predicted molar refractivity (Wildman–Crippen MR) is 78.9 cm³/mol. The molecule has 108 valence electrons. The monoisotopic (exact) mass is 294 g/mol. The van der Waals surface area contributed by atoms with Gasteiger partial charge in [-0.3, -0.25) is 4.68 Å². The Balaban J connectivity index is 2.37. The highest BCUT2D eigenvalue weighted by molar-refractivity contribution is 6.31. The first-order valence-corrected chi connectivity index (χ1v) is 7.01. The molecule has 0 fully saturated rings. The third-order valence-corrected chi connectivity index (χ3v) is 3.93. The van der Waals surface area contributed by atoms with Crippen molar-refractivity contribution in [3.8, 4) is 0 Å². The molecule has 0 aliphatic carbocycles. The van der Waals surface area contributed by atoms with Crippen molar-refractivity contribution in [3.63, 3.8) is 0 Å². The lowest BCUT2D eigenvalue weighted by molar-refractivity contribution is 0.116. The van der Waals surface area contributed by atoms with Crippen LogP contribution in [0.15, 0.2) is 36.7 Å². The highest BCUT2D eigenvalue weighted by Crippen LogP contribution is 2.33. The standard InChI is InChI=1S/C15H19ClN2O2/c1-2-18-9-12(8-17-18)7-15(10-19,11-20)13-5-3-4-6-14(13)16/h3-6,8-9,19-20H,2,7,10-11H2,1H3. The molecule has 1 aromatic heterocycles. The van der Waals surface area contributed by atoms with E-state index in [0.717, 1.165) is 17.7 Å². The quantitative estimate of drug-likeness (QED) is 0.857. The molecule has 0 spiro atoms. The molecule has 1 heterocycles. The molecule has 0 saturated carbocycles. The Hall–Kier alpha value is -1.36. The number of aliphatic hydroxyl groups excluding tert-OH is 2. The van der Waals surface area contributed by atoms with E-state index in [0.29, 0.717) is 11.4 Å². The van der Waals surface area contributed by atoms with E-state index in [9.17, 15) is 10.2 Å². The zero-order valence-electron chi connectivity index (χ0n) is 11.5. The topological polar surface area (TPSA) is 58.3 Å². The normalized spacial score (nSPS) is 11.8. The smallest absolute Gasteiger partial charge is 0.0553 e. The van der Waals surface area contributed by atoms with Crippen molar-refractivity contribution in [1.82, 2.24) is 9.78 Å². The second kappa shape index (κ2) is 6.39. The van der Waals surface area contributed by atoms with Gasteiger partial charge in [0.05, 0.1) is 19.4 Å². The second-order valence-electron chi connectivity index (χ2n) is 4.96. The summed E-state index contributed by atoms with van der Waals surface area (Å²) >= 11 is 6.22. The molecule has 0 amide bonds. The van der Waals surface area contributed by atoms with Crippen LogP contribution in [0.3, 0.4) is 0 Å². The van der Waals surface area contributed by atoms with Gasteiger partial charge in [0.25, 0.3) is 0 Å². The predicted octanol–water partition coefficient (Wildman–Crippen LogP) is 2.02. The Morgan fingerprint density at radius 2 is 1.95 bits per heavy atom. The number of aliphatic hydroxyl groups is 2. The van der Waals surface area contributed by atoms with Gasteiger partial charge < -0.3 is 10.2 Å². The maximum atomic E-state index is 9.83. The van der Waals surface area contributed by atoms with Crippen molar-refractivity contribution in [2.24, 2.45) is 0 Å². The van der Waals surface area contributed by atoms with Crippen LogP contribution in [0, 0.1) is 0 Å². The van der Waals surface area contributed by atoms with E-state index in [1.54, 1.807) is 12.3 Å². The Bertz CT molecular complexity index is 565. The van der Waals surface area contributed by atoms with Crippen LogP contribution in [-0.2, 0) is 18.4 Å². The van der Waals surface area contributed by atoms with Gasteiger partial charge in [-0.25, -0.2) is 0 Å². The molecule has 0 radical (unpaired) electrons. The summed E-state index contributed by atoms with van der Waals surface area (Å²) in [5.74, 6) is 0. The molecule has 5 heteroatoms. The number of nitrogens with zero attached hydrogens (tertiary/aromatic N) is 2. The van der Waals surface area contributed by atoms with E-state index in [2.05, 4.69) is 5.10 Å². The zero-order valence-corrected chi connectivity index (χ0v) is 12.2. The van der Waals surface area contributed by atoms with Crippen molar-refractivity contribution in [2.45, 2.75) is 25.3 Å². The Labute approximate surface area is 123 Å². The summed E-state index contributed by atoms with van der Waals surface area (Å²) in [7, 11) is 0. The summed E-state index contributed by atoms with van der Waals surface area (Å²) in [6.45, 7) is 2.45. The maximum absolute atomic E-state index is 9.83. The minimum absolute atomic E-state index is 0.176. The molecule has 2 N–H and O–H groups in total. The molecule has 0 aliphatic heterocycles. The number of benzene rings is 1. The molecule has 2 aromatic rings. The van der Waals surface area contributed by atoms with Crippen LogP contribution in [0.25, 0.3) is 0 Å². The van der Waals surface area contributed by atoms with Crippen LogP contribution in [-0.4, -0.2) is 33.2 Å². The number of rotatable bonds is 6. The average Bonchev–Trinajstić information content (AvgIpc) is 2.93. The number of hydrogen-bond acceptors (Lipinski definition) is 3. The third kappa shape index (κ3) is 2.87. The molecule has 20 heavy (non-hydrogen) atoms. The van der Waals surface area contributed by atoms with Crippen molar-refractivity contribution < 1.29 is 10.2 Å². The van der Waals surface area contributed by atoms with Gasteiger partial charge in [0.1, 0.15) is 0 Å². The third-order valence-electron chi connectivity index (χ3n) is 3.60. The molecule has 0 bridgehead atoms. The molecule has 1 aromatic carbocycles. The summed E-state index contributed by atoms with van der Waals surface area (Å²) in [5, 5.41) is 24.4. The van der Waals surface area contributed by atoms with Crippen LogP contribution in [0.2, 0.25) is 5.02 Å². The Kier molecular flexibility index (Phi) is 4.81. The maximum Gasteiger partial charge on any atom is 0.0553 e. The van der Waals surface area contributed by atoms with E-state index < -0.39 is 5.41 Å².